The summed E-state index contributed by atoms with van der Waals surface area (Å²) in [5, 5.41) is 3.09. The van der Waals surface area contributed by atoms with Gasteiger partial charge in [-0.15, -0.1) is 0 Å². The lowest BCUT2D eigenvalue weighted by Crippen LogP contribution is -2.33. The molecule has 0 aliphatic heterocycles. The Hall–Kier alpha value is -1.03. The number of halogens is 1. The minimum Gasteiger partial charge on any atom is -0.399 e. The molecule has 0 spiro atoms. The molecule has 0 heterocycles. The highest BCUT2D eigenvalue weighted by atomic mass is 79.9. The van der Waals surface area contributed by atoms with Gasteiger partial charge in [-0.05, 0) is 58.8 Å². The van der Waals surface area contributed by atoms with Gasteiger partial charge in [0.15, 0.2) is 0 Å². The third kappa shape index (κ3) is 3.05. The molecule has 2 rings (SSSR count). The van der Waals surface area contributed by atoms with Crippen LogP contribution >= 0.6 is 15.9 Å². The smallest absolute Gasteiger partial charge is 0.252 e. The van der Waals surface area contributed by atoms with E-state index in [0.717, 1.165) is 23.7 Å². The molecule has 98 valence electrons. The summed E-state index contributed by atoms with van der Waals surface area (Å²) in [6, 6.07) is 5.57. The predicted molar refractivity (Wildman–Crippen MR) is 77.4 cm³/mol. The molecule has 1 aliphatic carbocycles. The maximum absolute atomic E-state index is 12.2. The number of carbonyl (C=O) groups is 1. The first kappa shape index (κ1) is 13.4. The molecule has 3 N–H and O–H groups in total. The molecule has 0 bridgehead atoms. The lowest BCUT2D eigenvalue weighted by atomic mass is 9.92. The lowest BCUT2D eigenvalue weighted by molar-refractivity contribution is 0.0935. The standard InChI is InChI=1S/C14H19BrN2O/c1-14(2)6-5-10(8-14)17-13(18)11-7-9(16)3-4-12(11)15/h3-4,7,10H,5-6,8,16H2,1-2H3,(H,17,18). The van der Waals surface area contributed by atoms with Gasteiger partial charge >= 0.3 is 0 Å². The second-order valence-electron chi connectivity index (χ2n) is 5.82. The van der Waals surface area contributed by atoms with Crippen LogP contribution in [0, 0.1) is 5.41 Å². The van der Waals surface area contributed by atoms with Crippen molar-refractivity contribution in [3.8, 4) is 0 Å². The van der Waals surface area contributed by atoms with E-state index in [0.29, 0.717) is 16.7 Å². The minimum absolute atomic E-state index is 0.0446. The zero-order valence-corrected chi connectivity index (χ0v) is 12.4. The van der Waals surface area contributed by atoms with Crippen molar-refractivity contribution in [2.75, 3.05) is 5.73 Å². The predicted octanol–water partition coefficient (Wildman–Crippen LogP) is 3.34. The molecule has 1 saturated carbocycles. The molecule has 0 saturated heterocycles. The van der Waals surface area contributed by atoms with Crippen LogP contribution in [0.1, 0.15) is 43.5 Å². The van der Waals surface area contributed by atoms with Crippen LogP contribution in [0.4, 0.5) is 5.69 Å². The van der Waals surface area contributed by atoms with E-state index in [1.807, 2.05) is 6.07 Å². The summed E-state index contributed by atoms with van der Waals surface area (Å²) < 4.78 is 0.784. The molecule has 1 atom stereocenters. The lowest BCUT2D eigenvalue weighted by Gasteiger charge is -2.18. The van der Waals surface area contributed by atoms with Gasteiger partial charge in [0.05, 0.1) is 5.56 Å². The van der Waals surface area contributed by atoms with Gasteiger partial charge in [-0.2, -0.15) is 0 Å². The van der Waals surface area contributed by atoms with Crippen LogP contribution in [0.25, 0.3) is 0 Å². The van der Waals surface area contributed by atoms with E-state index in [4.69, 9.17) is 5.73 Å². The third-order valence-electron chi connectivity index (χ3n) is 3.54. The first-order chi connectivity index (χ1) is 8.37. The van der Waals surface area contributed by atoms with Crippen LogP contribution in [-0.2, 0) is 0 Å². The molecule has 0 radical (unpaired) electrons. The number of nitrogens with one attached hydrogen (secondary N) is 1. The van der Waals surface area contributed by atoms with Crippen LogP contribution in [0.15, 0.2) is 22.7 Å². The number of carbonyl (C=O) groups excluding carboxylic acids is 1. The molecule has 1 unspecified atom stereocenters. The highest BCUT2D eigenvalue weighted by molar-refractivity contribution is 9.10. The summed E-state index contributed by atoms with van der Waals surface area (Å²) in [5.74, 6) is -0.0446. The maximum Gasteiger partial charge on any atom is 0.252 e. The zero-order chi connectivity index (χ0) is 13.3. The van der Waals surface area contributed by atoms with Crippen LogP contribution in [-0.4, -0.2) is 11.9 Å². The molecule has 3 nitrogen and oxygen atoms in total. The summed E-state index contributed by atoms with van der Waals surface area (Å²) >= 11 is 3.39. The van der Waals surface area contributed by atoms with E-state index in [-0.39, 0.29) is 11.9 Å². The van der Waals surface area contributed by atoms with Gasteiger partial charge in [0, 0.05) is 16.2 Å². The van der Waals surface area contributed by atoms with Gasteiger partial charge in [-0.3, -0.25) is 4.79 Å². The average molecular weight is 311 g/mol. The van der Waals surface area contributed by atoms with E-state index in [2.05, 4.69) is 35.1 Å². The van der Waals surface area contributed by atoms with Crippen molar-refractivity contribution in [1.82, 2.24) is 5.32 Å². The molecular weight excluding hydrogens is 292 g/mol. The van der Waals surface area contributed by atoms with Crippen LogP contribution in [0.5, 0.6) is 0 Å². The van der Waals surface area contributed by atoms with Gasteiger partial charge in [-0.25, -0.2) is 0 Å². The molecular formula is C14H19BrN2O. The Labute approximate surface area is 116 Å². The van der Waals surface area contributed by atoms with Crippen molar-refractivity contribution in [1.29, 1.82) is 0 Å². The van der Waals surface area contributed by atoms with E-state index in [9.17, 15) is 4.79 Å². The van der Waals surface area contributed by atoms with Crippen LogP contribution in [0.2, 0.25) is 0 Å². The van der Waals surface area contributed by atoms with E-state index < -0.39 is 0 Å². The molecule has 18 heavy (non-hydrogen) atoms. The first-order valence-corrected chi connectivity index (χ1v) is 7.03. The second kappa shape index (κ2) is 4.92. The Morgan fingerprint density at radius 3 is 2.83 bits per heavy atom. The molecule has 1 aliphatic rings. The highest BCUT2D eigenvalue weighted by Gasteiger charge is 2.31. The van der Waals surface area contributed by atoms with E-state index >= 15 is 0 Å². The molecule has 1 aromatic carbocycles. The van der Waals surface area contributed by atoms with E-state index in [1.54, 1.807) is 12.1 Å². The topological polar surface area (TPSA) is 55.1 Å². The van der Waals surface area contributed by atoms with E-state index in [1.165, 1.54) is 0 Å². The normalized spacial score (nSPS) is 21.8. The monoisotopic (exact) mass is 310 g/mol. The molecule has 4 heteroatoms. The van der Waals surface area contributed by atoms with Crippen LogP contribution < -0.4 is 11.1 Å². The molecule has 1 aromatic rings. The number of hydrogen-bond donors (Lipinski definition) is 2. The number of nitrogen functional groups attached to an aromatic ring is 1. The van der Waals surface area contributed by atoms with Crippen LogP contribution in [0.3, 0.4) is 0 Å². The minimum atomic E-state index is -0.0446. The first-order valence-electron chi connectivity index (χ1n) is 6.23. The Balaban J connectivity index is 2.06. The second-order valence-corrected chi connectivity index (χ2v) is 6.67. The fourth-order valence-electron chi connectivity index (χ4n) is 2.54. The highest BCUT2D eigenvalue weighted by Crippen LogP contribution is 2.37. The maximum atomic E-state index is 12.2. The third-order valence-corrected chi connectivity index (χ3v) is 4.23. The molecule has 0 aromatic heterocycles. The summed E-state index contributed by atoms with van der Waals surface area (Å²) in [7, 11) is 0. The van der Waals surface area contributed by atoms with Crippen molar-refractivity contribution in [3.63, 3.8) is 0 Å². The van der Waals surface area contributed by atoms with Crippen molar-refractivity contribution < 1.29 is 4.79 Å². The van der Waals surface area contributed by atoms with Crippen molar-refractivity contribution in [3.05, 3.63) is 28.2 Å². The Kier molecular flexibility index (Phi) is 3.66. The van der Waals surface area contributed by atoms with Crippen molar-refractivity contribution in [2.45, 2.75) is 39.2 Å². The number of rotatable bonds is 2. The average Bonchev–Trinajstić information content (AvgIpc) is 2.61. The SMILES string of the molecule is CC1(C)CCC(NC(=O)c2cc(N)ccc2Br)C1. The molecule has 1 amide bonds. The fourth-order valence-corrected chi connectivity index (χ4v) is 2.97. The summed E-state index contributed by atoms with van der Waals surface area (Å²) in [6.07, 6.45) is 3.26. The fraction of sp³-hybridized carbons (Fsp3) is 0.500. The molecule has 1 fully saturated rings. The Morgan fingerprint density at radius 2 is 2.22 bits per heavy atom. The van der Waals surface area contributed by atoms with Crippen molar-refractivity contribution in [2.24, 2.45) is 5.41 Å². The number of benzene rings is 1. The number of nitrogens with two attached hydrogens (primary N) is 1. The Morgan fingerprint density at radius 1 is 1.50 bits per heavy atom. The van der Waals surface area contributed by atoms with Gasteiger partial charge in [0.2, 0.25) is 0 Å². The zero-order valence-electron chi connectivity index (χ0n) is 10.8. The van der Waals surface area contributed by atoms with Gasteiger partial charge < -0.3 is 11.1 Å². The van der Waals surface area contributed by atoms with Gasteiger partial charge in [-0.1, -0.05) is 13.8 Å². The Bertz CT molecular complexity index is 471. The van der Waals surface area contributed by atoms with Crippen molar-refractivity contribution >= 4 is 27.5 Å². The number of hydrogen-bond acceptors (Lipinski definition) is 2. The number of amides is 1. The summed E-state index contributed by atoms with van der Waals surface area (Å²) in [6.45, 7) is 4.49. The summed E-state index contributed by atoms with van der Waals surface area (Å²) in [5.41, 5.74) is 7.27. The largest absolute Gasteiger partial charge is 0.399 e. The van der Waals surface area contributed by atoms with Gasteiger partial charge in [0.25, 0.3) is 5.91 Å². The van der Waals surface area contributed by atoms with Gasteiger partial charge in [0.1, 0.15) is 0 Å². The summed E-state index contributed by atoms with van der Waals surface area (Å²) in [4.78, 5) is 12.2. The number of anilines is 1. The quantitative estimate of drug-likeness (QED) is 0.823.